The van der Waals surface area contributed by atoms with Crippen molar-refractivity contribution in [2.24, 2.45) is 5.73 Å². The normalized spacial score (nSPS) is 29.9. The van der Waals surface area contributed by atoms with Gasteiger partial charge < -0.3 is 15.6 Å². The SMILES string of the molecule is COC1(NC(C)O)C=CCC(N)=C1. The highest BCUT2D eigenvalue weighted by Crippen LogP contribution is 2.18. The van der Waals surface area contributed by atoms with Gasteiger partial charge in [-0.15, -0.1) is 0 Å². The van der Waals surface area contributed by atoms with Crippen LogP contribution in [0.5, 0.6) is 0 Å². The Bertz CT molecular complexity index is 236. The Morgan fingerprint density at radius 1 is 1.77 bits per heavy atom. The lowest BCUT2D eigenvalue weighted by Crippen LogP contribution is -2.49. The highest BCUT2D eigenvalue weighted by atomic mass is 16.5. The summed E-state index contributed by atoms with van der Waals surface area (Å²) >= 11 is 0. The minimum Gasteiger partial charge on any atom is -0.402 e. The van der Waals surface area contributed by atoms with E-state index in [2.05, 4.69) is 5.32 Å². The smallest absolute Gasteiger partial charge is 0.161 e. The van der Waals surface area contributed by atoms with Crippen molar-refractivity contribution in [1.82, 2.24) is 5.32 Å². The molecule has 0 aromatic carbocycles. The first-order chi connectivity index (χ1) is 6.08. The summed E-state index contributed by atoms with van der Waals surface area (Å²) in [6.45, 7) is 1.63. The van der Waals surface area contributed by atoms with E-state index < -0.39 is 12.0 Å². The van der Waals surface area contributed by atoms with E-state index in [1.54, 1.807) is 20.1 Å². The summed E-state index contributed by atoms with van der Waals surface area (Å²) in [7, 11) is 1.56. The minimum absolute atomic E-state index is 0.647. The number of nitrogens with one attached hydrogen (secondary N) is 1. The molecule has 1 aliphatic carbocycles. The van der Waals surface area contributed by atoms with Crippen LogP contribution in [0.4, 0.5) is 0 Å². The van der Waals surface area contributed by atoms with Crippen LogP contribution in [0, 0.1) is 0 Å². The molecule has 13 heavy (non-hydrogen) atoms. The zero-order chi connectivity index (χ0) is 9.90. The fourth-order valence-electron chi connectivity index (χ4n) is 1.35. The van der Waals surface area contributed by atoms with E-state index in [0.29, 0.717) is 0 Å². The van der Waals surface area contributed by atoms with Crippen molar-refractivity contribution < 1.29 is 9.84 Å². The van der Waals surface area contributed by atoms with Gasteiger partial charge in [0.15, 0.2) is 5.72 Å². The van der Waals surface area contributed by atoms with Gasteiger partial charge in [0.25, 0.3) is 0 Å². The second-order valence-corrected chi connectivity index (χ2v) is 3.14. The quantitative estimate of drug-likeness (QED) is 0.428. The molecular formula is C9H16N2O2. The first kappa shape index (κ1) is 10.2. The molecule has 0 spiro atoms. The van der Waals surface area contributed by atoms with Crippen LogP contribution in [0.15, 0.2) is 23.9 Å². The van der Waals surface area contributed by atoms with E-state index in [0.717, 1.165) is 12.1 Å². The van der Waals surface area contributed by atoms with Crippen LogP contribution in [0.3, 0.4) is 0 Å². The van der Waals surface area contributed by atoms with Gasteiger partial charge >= 0.3 is 0 Å². The Balaban J connectivity index is 2.79. The van der Waals surface area contributed by atoms with Crippen molar-refractivity contribution in [3.05, 3.63) is 23.9 Å². The van der Waals surface area contributed by atoms with E-state index in [1.165, 1.54) is 0 Å². The molecule has 1 aliphatic rings. The number of hydrogen-bond acceptors (Lipinski definition) is 4. The van der Waals surface area contributed by atoms with Gasteiger partial charge in [-0.25, -0.2) is 0 Å². The average molecular weight is 184 g/mol. The number of nitrogens with two attached hydrogens (primary N) is 1. The lowest BCUT2D eigenvalue weighted by atomic mass is 10.0. The van der Waals surface area contributed by atoms with Crippen LogP contribution < -0.4 is 11.1 Å². The van der Waals surface area contributed by atoms with Crippen LogP contribution in [0.25, 0.3) is 0 Å². The molecule has 2 atom stereocenters. The maximum atomic E-state index is 9.19. The third kappa shape index (κ3) is 2.55. The summed E-state index contributed by atoms with van der Waals surface area (Å²) in [6, 6.07) is 0. The number of aliphatic hydroxyl groups excluding tert-OH is 1. The van der Waals surface area contributed by atoms with Crippen LogP contribution in [0.1, 0.15) is 13.3 Å². The Kier molecular flexibility index (Phi) is 3.08. The fraction of sp³-hybridized carbons (Fsp3) is 0.556. The van der Waals surface area contributed by atoms with Crippen LogP contribution in [0.2, 0.25) is 0 Å². The summed E-state index contributed by atoms with van der Waals surface area (Å²) in [4.78, 5) is 0. The molecule has 1 rings (SSSR count). The molecule has 0 bridgehead atoms. The van der Waals surface area contributed by atoms with Gasteiger partial charge in [0, 0.05) is 19.2 Å². The Morgan fingerprint density at radius 3 is 2.92 bits per heavy atom. The molecule has 0 aromatic rings. The molecule has 74 valence electrons. The number of hydrogen-bond donors (Lipinski definition) is 3. The van der Waals surface area contributed by atoms with Crippen molar-refractivity contribution in [1.29, 1.82) is 0 Å². The molecule has 4 N–H and O–H groups in total. The Hall–Kier alpha value is -0.840. The lowest BCUT2D eigenvalue weighted by molar-refractivity contribution is -0.00653. The standard InChI is InChI=1S/C9H16N2O2/c1-7(12)11-9(13-2)5-3-4-8(10)6-9/h3,5-7,11-12H,4,10H2,1-2H3. The largest absolute Gasteiger partial charge is 0.402 e. The fourth-order valence-corrected chi connectivity index (χ4v) is 1.35. The van der Waals surface area contributed by atoms with Crippen molar-refractivity contribution in [3.8, 4) is 0 Å². The van der Waals surface area contributed by atoms with E-state index in [1.807, 2.05) is 12.2 Å². The molecule has 0 amide bonds. The van der Waals surface area contributed by atoms with Crippen molar-refractivity contribution in [3.63, 3.8) is 0 Å². The molecule has 4 heteroatoms. The zero-order valence-electron chi connectivity index (χ0n) is 7.95. The minimum atomic E-state index is -0.753. The van der Waals surface area contributed by atoms with Crippen molar-refractivity contribution in [2.75, 3.05) is 7.11 Å². The molecular weight excluding hydrogens is 168 g/mol. The van der Waals surface area contributed by atoms with E-state index in [-0.39, 0.29) is 0 Å². The number of methoxy groups -OCH3 is 1. The lowest BCUT2D eigenvalue weighted by Gasteiger charge is -2.31. The van der Waals surface area contributed by atoms with E-state index in [4.69, 9.17) is 10.5 Å². The predicted molar refractivity (Wildman–Crippen MR) is 50.6 cm³/mol. The van der Waals surface area contributed by atoms with Gasteiger partial charge in [-0.3, -0.25) is 5.32 Å². The zero-order valence-corrected chi connectivity index (χ0v) is 7.95. The number of allylic oxidation sites excluding steroid dienone is 1. The average Bonchev–Trinajstić information content (AvgIpc) is 2.03. The molecule has 0 saturated carbocycles. The monoisotopic (exact) mass is 184 g/mol. The van der Waals surface area contributed by atoms with Gasteiger partial charge in [-0.2, -0.15) is 0 Å². The highest BCUT2D eigenvalue weighted by Gasteiger charge is 2.27. The second-order valence-electron chi connectivity index (χ2n) is 3.14. The van der Waals surface area contributed by atoms with Gasteiger partial charge in [0.1, 0.15) is 6.23 Å². The van der Waals surface area contributed by atoms with Gasteiger partial charge in [0.05, 0.1) is 0 Å². The summed E-state index contributed by atoms with van der Waals surface area (Å²) in [6.07, 6.45) is 5.60. The maximum absolute atomic E-state index is 9.19. The molecule has 0 heterocycles. The van der Waals surface area contributed by atoms with E-state index >= 15 is 0 Å². The first-order valence-corrected chi connectivity index (χ1v) is 4.24. The van der Waals surface area contributed by atoms with Crippen molar-refractivity contribution >= 4 is 0 Å². The number of rotatable bonds is 3. The third-order valence-electron chi connectivity index (χ3n) is 1.89. The molecule has 0 aliphatic heterocycles. The molecule has 4 nitrogen and oxygen atoms in total. The second kappa shape index (κ2) is 3.91. The molecule has 2 unspecified atom stereocenters. The first-order valence-electron chi connectivity index (χ1n) is 4.24. The molecule has 0 saturated heterocycles. The summed E-state index contributed by atoms with van der Waals surface area (Å²) in [5.74, 6) is 0. The van der Waals surface area contributed by atoms with Crippen LogP contribution >= 0.6 is 0 Å². The van der Waals surface area contributed by atoms with E-state index in [9.17, 15) is 5.11 Å². The Labute approximate surface area is 78.1 Å². The summed E-state index contributed by atoms with van der Waals surface area (Å²) in [5.41, 5.74) is 5.65. The molecule has 0 aromatic heterocycles. The highest BCUT2D eigenvalue weighted by molar-refractivity contribution is 5.24. The third-order valence-corrected chi connectivity index (χ3v) is 1.89. The molecule has 0 radical (unpaired) electrons. The van der Waals surface area contributed by atoms with Gasteiger partial charge in [-0.05, 0) is 19.1 Å². The number of ether oxygens (including phenoxy) is 1. The maximum Gasteiger partial charge on any atom is 0.161 e. The van der Waals surface area contributed by atoms with Crippen LogP contribution in [-0.2, 0) is 4.74 Å². The van der Waals surface area contributed by atoms with Crippen LogP contribution in [-0.4, -0.2) is 24.2 Å². The van der Waals surface area contributed by atoms with Crippen molar-refractivity contribution in [2.45, 2.75) is 25.3 Å². The van der Waals surface area contributed by atoms with Gasteiger partial charge in [0.2, 0.25) is 0 Å². The molecule has 0 fully saturated rings. The predicted octanol–water partition coefficient (Wildman–Crippen LogP) is 0.0595. The summed E-state index contributed by atoms with van der Waals surface area (Å²) in [5, 5.41) is 12.1. The number of aliphatic hydroxyl groups is 1. The van der Waals surface area contributed by atoms with Gasteiger partial charge in [-0.1, -0.05) is 6.08 Å². The Morgan fingerprint density at radius 2 is 2.46 bits per heavy atom. The summed E-state index contributed by atoms with van der Waals surface area (Å²) < 4.78 is 5.25. The topological polar surface area (TPSA) is 67.5 Å².